The number of methoxy groups -OCH3 is 1. The lowest BCUT2D eigenvalue weighted by atomic mass is 10.2. The van der Waals surface area contributed by atoms with E-state index in [0.29, 0.717) is 35.7 Å². The summed E-state index contributed by atoms with van der Waals surface area (Å²) in [4.78, 5) is 23.2. The lowest BCUT2D eigenvalue weighted by Gasteiger charge is -2.07. The van der Waals surface area contributed by atoms with Crippen LogP contribution in [-0.4, -0.2) is 25.6 Å². The van der Waals surface area contributed by atoms with E-state index in [4.69, 9.17) is 16.3 Å². The van der Waals surface area contributed by atoms with Gasteiger partial charge in [0.2, 0.25) is 5.91 Å². The third-order valence-corrected chi connectivity index (χ3v) is 3.47. The van der Waals surface area contributed by atoms with Gasteiger partial charge in [-0.25, -0.2) is 4.79 Å². The maximum atomic E-state index is 11.9. The normalized spacial score (nSPS) is 10.1. The van der Waals surface area contributed by atoms with Crippen LogP contribution in [0.15, 0.2) is 48.5 Å². The molecular formula is C18H18ClNO4. The molecule has 2 rings (SSSR count). The first-order valence-corrected chi connectivity index (χ1v) is 7.83. The Labute approximate surface area is 145 Å². The van der Waals surface area contributed by atoms with E-state index in [1.165, 1.54) is 7.11 Å². The molecule has 0 saturated heterocycles. The second-order valence-corrected chi connectivity index (χ2v) is 5.46. The van der Waals surface area contributed by atoms with Crippen LogP contribution in [0.3, 0.4) is 0 Å². The van der Waals surface area contributed by atoms with Gasteiger partial charge in [0.05, 0.1) is 19.3 Å². The summed E-state index contributed by atoms with van der Waals surface area (Å²) in [5.74, 6) is 0.200. The molecule has 0 atom stereocenters. The van der Waals surface area contributed by atoms with Crippen molar-refractivity contribution in [1.82, 2.24) is 0 Å². The van der Waals surface area contributed by atoms with E-state index >= 15 is 0 Å². The third-order valence-electron chi connectivity index (χ3n) is 3.22. The van der Waals surface area contributed by atoms with Crippen LogP contribution >= 0.6 is 11.6 Å². The van der Waals surface area contributed by atoms with Crippen LogP contribution < -0.4 is 10.1 Å². The Morgan fingerprint density at radius 2 is 1.71 bits per heavy atom. The molecule has 0 aliphatic heterocycles. The van der Waals surface area contributed by atoms with E-state index in [9.17, 15) is 9.59 Å². The fourth-order valence-corrected chi connectivity index (χ4v) is 2.11. The molecule has 1 amide bonds. The summed E-state index contributed by atoms with van der Waals surface area (Å²) in [5.41, 5.74) is 1.07. The van der Waals surface area contributed by atoms with Crippen LogP contribution in [0.5, 0.6) is 5.75 Å². The summed E-state index contributed by atoms with van der Waals surface area (Å²) in [6.45, 7) is 0.441. The van der Waals surface area contributed by atoms with E-state index in [-0.39, 0.29) is 5.91 Å². The van der Waals surface area contributed by atoms with Gasteiger partial charge in [0.1, 0.15) is 5.75 Å². The van der Waals surface area contributed by atoms with Crippen molar-refractivity contribution in [2.45, 2.75) is 12.8 Å². The van der Waals surface area contributed by atoms with Crippen molar-refractivity contribution in [2.24, 2.45) is 0 Å². The molecule has 2 aromatic rings. The highest BCUT2D eigenvalue weighted by Gasteiger charge is 2.06. The average Bonchev–Trinajstić information content (AvgIpc) is 2.60. The van der Waals surface area contributed by atoms with Crippen molar-refractivity contribution >= 4 is 29.2 Å². The maximum absolute atomic E-state index is 11.9. The molecule has 0 heterocycles. The van der Waals surface area contributed by atoms with Crippen molar-refractivity contribution in [3.63, 3.8) is 0 Å². The predicted octanol–water partition coefficient (Wildman–Crippen LogP) is 3.92. The van der Waals surface area contributed by atoms with Gasteiger partial charge in [-0.05, 0) is 55.0 Å². The number of carbonyl (C=O) groups is 2. The number of hydrogen-bond acceptors (Lipinski definition) is 4. The van der Waals surface area contributed by atoms with Gasteiger partial charge in [-0.15, -0.1) is 0 Å². The Morgan fingerprint density at radius 3 is 2.33 bits per heavy atom. The largest absolute Gasteiger partial charge is 0.494 e. The minimum Gasteiger partial charge on any atom is -0.494 e. The topological polar surface area (TPSA) is 64.6 Å². The summed E-state index contributed by atoms with van der Waals surface area (Å²) >= 11 is 5.79. The number of anilines is 1. The fraction of sp³-hybridized carbons (Fsp3) is 0.222. The Morgan fingerprint density at radius 1 is 1.04 bits per heavy atom. The standard InChI is InChI=1S/C18H18ClNO4/c1-23-18(22)13-4-8-15(9-5-13)20-17(21)3-2-12-24-16-10-6-14(19)7-11-16/h4-11H,2-3,12H2,1H3,(H,20,21). The van der Waals surface area contributed by atoms with Gasteiger partial charge in [0.15, 0.2) is 0 Å². The second kappa shape index (κ2) is 8.93. The van der Waals surface area contributed by atoms with Gasteiger partial charge in [-0.2, -0.15) is 0 Å². The molecular weight excluding hydrogens is 330 g/mol. The Balaban J connectivity index is 1.71. The van der Waals surface area contributed by atoms with E-state index in [1.807, 2.05) is 0 Å². The molecule has 6 heteroatoms. The number of benzene rings is 2. The first kappa shape index (κ1) is 17.8. The molecule has 1 N–H and O–H groups in total. The lowest BCUT2D eigenvalue weighted by Crippen LogP contribution is -2.13. The third kappa shape index (κ3) is 5.59. The first-order valence-electron chi connectivity index (χ1n) is 7.45. The molecule has 5 nitrogen and oxygen atoms in total. The van der Waals surface area contributed by atoms with Gasteiger partial charge >= 0.3 is 5.97 Å². The molecule has 0 saturated carbocycles. The summed E-state index contributed by atoms with van der Waals surface area (Å²) in [5, 5.41) is 3.42. The predicted molar refractivity (Wildman–Crippen MR) is 92.6 cm³/mol. The number of carbonyl (C=O) groups excluding carboxylic acids is 2. The SMILES string of the molecule is COC(=O)c1ccc(NC(=O)CCCOc2ccc(Cl)cc2)cc1. The zero-order valence-corrected chi connectivity index (χ0v) is 14.0. The summed E-state index contributed by atoms with van der Waals surface area (Å²) in [7, 11) is 1.32. The van der Waals surface area contributed by atoms with Crippen LogP contribution in [0.2, 0.25) is 5.02 Å². The van der Waals surface area contributed by atoms with Crippen molar-refractivity contribution < 1.29 is 19.1 Å². The molecule has 0 unspecified atom stereocenters. The van der Waals surface area contributed by atoms with Crippen molar-refractivity contribution in [3.05, 3.63) is 59.1 Å². The van der Waals surface area contributed by atoms with Crippen LogP contribution in [-0.2, 0) is 9.53 Å². The van der Waals surface area contributed by atoms with Gasteiger partial charge in [0.25, 0.3) is 0 Å². The quantitative estimate of drug-likeness (QED) is 0.609. The molecule has 0 bridgehead atoms. The van der Waals surface area contributed by atoms with E-state index in [2.05, 4.69) is 10.1 Å². The van der Waals surface area contributed by atoms with E-state index in [1.54, 1.807) is 48.5 Å². The van der Waals surface area contributed by atoms with E-state index in [0.717, 1.165) is 5.75 Å². The maximum Gasteiger partial charge on any atom is 0.337 e. The monoisotopic (exact) mass is 347 g/mol. The number of esters is 1. The van der Waals surface area contributed by atoms with Crippen molar-refractivity contribution in [2.75, 3.05) is 19.0 Å². The fourth-order valence-electron chi connectivity index (χ4n) is 1.98. The number of amides is 1. The first-order chi connectivity index (χ1) is 11.6. The highest BCUT2D eigenvalue weighted by Crippen LogP contribution is 2.16. The van der Waals surface area contributed by atoms with Crippen LogP contribution in [0.1, 0.15) is 23.2 Å². The minimum absolute atomic E-state index is 0.111. The highest BCUT2D eigenvalue weighted by molar-refractivity contribution is 6.30. The number of halogens is 1. The zero-order chi connectivity index (χ0) is 17.4. The minimum atomic E-state index is -0.410. The molecule has 126 valence electrons. The summed E-state index contributed by atoms with van der Waals surface area (Å²) in [6.07, 6.45) is 0.932. The van der Waals surface area contributed by atoms with Crippen LogP contribution in [0.25, 0.3) is 0 Å². The van der Waals surface area contributed by atoms with Crippen molar-refractivity contribution in [1.29, 1.82) is 0 Å². The number of nitrogens with one attached hydrogen (secondary N) is 1. The Bertz CT molecular complexity index is 683. The van der Waals surface area contributed by atoms with Crippen molar-refractivity contribution in [3.8, 4) is 5.75 Å². The highest BCUT2D eigenvalue weighted by atomic mass is 35.5. The smallest absolute Gasteiger partial charge is 0.337 e. The number of rotatable bonds is 7. The summed E-state index contributed by atoms with van der Waals surface area (Å²) in [6, 6.07) is 13.6. The molecule has 0 fully saturated rings. The average molecular weight is 348 g/mol. The molecule has 0 spiro atoms. The van der Waals surface area contributed by atoms with Crippen LogP contribution in [0.4, 0.5) is 5.69 Å². The van der Waals surface area contributed by atoms with Gasteiger partial charge < -0.3 is 14.8 Å². The summed E-state index contributed by atoms with van der Waals surface area (Å²) < 4.78 is 10.1. The lowest BCUT2D eigenvalue weighted by molar-refractivity contribution is -0.116. The second-order valence-electron chi connectivity index (χ2n) is 5.02. The Hall–Kier alpha value is -2.53. The molecule has 0 aromatic heterocycles. The molecule has 2 aromatic carbocycles. The Kier molecular flexibility index (Phi) is 6.63. The molecule has 0 aliphatic rings. The molecule has 0 aliphatic carbocycles. The number of ether oxygens (including phenoxy) is 2. The van der Waals surface area contributed by atoms with Gasteiger partial charge in [-0.1, -0.05) is 11.6 Å². The van der Waals surface area contributed by atoms with Gasteiger partial charge in [-0.3, -0.25) is 4.79 Å². The van der Waals surface area contributed by atoms with Crippen LogP contribution in [0, 0.1) is 0 Å². The zero-order valence-electron chi connectivity index (χ0n) is 13.3. The molecule has 24 heavy (non-hydrogen) atoms. The number of hydrogen-bond donors (Lipinski definition) is 1. The van der Waals surface area contributed by atoms with E-state index < -0.39 is 5.97 Å². The van der Waals surface area contributed by atoms with Gasteiger partial charge in [0, 0.05) is 17.1 Å². The molecule has 0 radical (unpaired) electrons.